The van der Waals surface area contributed by atoms with E-state index >= 15 is 0 Å². The molecule has 0 atom stereocenters. The van der Waals surface area contributed by atoms with Crippen LogP contribution in [0.15, 0.2) is 33.3 Å². The Morgan fingerprint density at radius 1 is 1.06 bits per heavy atom. The number of hydrogen-bond donors (Lipinski definition) is 1. The first-order chi connectivity index (χ1) is 8.47. The fourth-order valence-electron chi connectivity index (χ4n) is 1.37. The van der Waals surface area contributed by atoms with E-state index in [2.05, 4.69) is 42.2 Å². The van der Waals surface area contributed by atoms with Gasteiger partial charge in [0.25, 0.3) is 0 Å². The molecule has 94 valence electrons. The van der Waals surface area contributed by atoms with Gasteiger partial charge in [-0.2, -0.15) is 0 Å². The lowest BCUT2D eigenvalue weighted by atomic mass is 10.3. The van der Waals surface area contributed by atoms with Gasteiger partial charge in [0.1, 0.15) is 17.5 Å². The second kappa shape index (κ2) is 5.32. The highest BCUT2D eigenvalue weighted by atomic mass is 79.9. The van der Waals surface area contributed by atoms with Crippen LogP contribution in [0.1, 0.15) is 5.56 Å². The topological polar surface area (TPSA) is 24.9 Å². The van der Waals surface area contributed by atoms with Gasteiger partial charge >= 0.3 is 0 Å². The first-order valence-electron chi connectivity index (χ1n) is 5.01. The predicted molar refractivity (Wildman–Crippen MR) is 74.0 cm³/mol. The third-order valence-electron chi connectivity index (χ3n) is 2.24. The van der Waals surface area contributed by atoms with Gasteiger partial charge in [-0.05, 0) is 56.5 Å². The molecule has 1 heterocycles. The van der Waals surface area contributed by atoms with E-state index in [1.165, 1.54) is 0 Å². The molecule has 6 heteroatoms. The summed E-state index contributed by atoms with van der Waals surface area (Å²) in [6, 6.07) is 3.98. The number of aromatic nitrogens is 1. The molecule has 2 aromatic rings. The van der Waals surface area contributed by atoms with E-state index in [9.17, 15) is 8.78 Å². The average Bonchev–Trinajstić information content (AvgIpc) is 2.29. The molecular weight excluding hydrogens is 370 g/mol. The normalized spacial score (nSPS) is 10.5. The Morgan fingerprint density at radius 2 is 1.78 bits per heavy atom. The number of rotatable bonds is 2. The van der Waals surface area contributed by atoms with E-state index in [1.807, 2.05) is 13.0 Å². The molecule has 1 aromatic heterocycles. The summed E-state index contributed by atoms with van der Waals surface area (Å²) >= 11 is 6.23. The zero-order valence-corrected chi connectivity index (χ0v) is 12.4. The lowest BCUT2D eigenvalue weighted by Gasteiger charge is -2.09. The standard InChI is InChI=1S/C12H8Br2F2N2/c1-6-2-8(14)12(17-5-6)18-11-4-9(15)7(13)3-10(11)16/h2-5H,1H3,(H,17,18). The van der Waals surface area contributed by atoms with E-state index in [1.54, 1.807) is 6.20 Å². The van der Waals surface area contributed by atoms with Crippen molar-refractivity contribution in [3.05, 3.63) is 50.5 Å². The van der Waals surface area contributed by atoms with Crippen molar-refractivity contribution >= 4 is 43.4 Å². The summed E-state index contributed by atoms with van der Waals surface area (Å²) in [4.78, 5) is 4.11. The molecule has 2 nitrogen and oxygen atoms in total. The third kappa shape index (κ3) is 2.87. The second-order valence-corrected chi connectivity index (χ2v) is 5.42. The van der Waals surface area contributed by atoms with Crippen molar-refractivity contribution < 1.29 is 8.78 Å². The highest BCUT2D eigenvalue weighted by Crippen LogP contribution is 2.28. The van der Waals surface area contributed by atoms with Gasteiger partial charge in [-0.15, -0.1) is 0 Å². The van der Waals surface area contributed by atoms with Crippen molar-refractivity contribution in [1.29, 1.82) is 0 Å². The Labute approximate surface area is 120 Å². The summed E-state index contributed by atoms with van der Waals surface area (Å²) in [6.45, 7) is 1.89. The smallest absolute Gasteiger partial charge is 0.148 e. The van der Waals surface area contributed by atoms with E-state index in [4.69, 9.17) is 0 Å². The molecule has 0 fully saturated rings. The fraction of sp³-hybridized carbons (Fsp3) is 0.0833. The van der Waals surface area contributed by atoms with Crippen LogP contribution in [0.25, 0.3) is 0 Å². The van der Waals surface area contributed by atoms with Crippen molar-refractivity contribution in [2.75, 3.05) is 5.32 Å². The highest BCUT2D eigenvalue weighted by molar-refractivity contribution is 9.10. The SMILES string of the molecule is Cc1cnc(Nc2cc(F)c(Br)cc2F)c(Br)c1. The lowest BCUT2D eigenvalue weighted by Crippen LogP contribution is -1.98. The number of hydrogen-bond acceptors (Lipinski definition) is 2. The molecule has 0 aliphatic carbocycles. The second-order valence-electron chi connectivity index (χ2n) is 3.71. The fourth-order valence-corrected chi connectivity index (χ4v) is 2.25. The Bertz CT molecular complexity index is 603. The number of anilines is 2. The average molecular weight is 378 g/mol. The minimum atomic E-state index is -0.558. The zero-order chi connectivity index (χ0) is 13.3. The van der Waals surface area contributed by atoms with Crippen LogP contribution >= 0.6 is 31.9 Å². The number of nitrogens with one attached hydrogen (secondary N) is 1. The molecule has 0 bridgehead atoms. The van der Waals surface area contributed by atoms with E-state index in [0.717, 1.165) is 17.7 Å². The summed E-state index contributed by atoms with van der Waals surface area (Å²) in [7, 11) is 0. The number of aryl methyl sites for hydroxylation is 1. The molecule has 0 aliphatic rings. The minimum Gasteiger partial charge on any atom is -0.337 e. The Hall–Kier alpha value is -1.01. The van der Waals surface area contributed by atoms with Gasteiger partial charge in [0.05, 0.1) is 14.6 Å². The molecule has 1 N–H and O–H groups in total. The largest absolute Gasteiger partial charge is 0.337 e. The summed E-state index contributed by atoms with van der Waals surface area (Å²) in [5.41, 5.74) is 1.00. The number of nitrogens with zero attached hydrogens (tertiary/aromatic N) is 1. The minimum absolute atomic E-state index is 0.0350. The first kappa shape index (κ1) is 13.4. The summed E-state index contributed by atoms with van der Waals surface area (Å²) < 4.78 is 27.7. The van der Waals surface area contributed by atoms with Crippen molar-refractivity contribution in [1.82, 2.24) is 4.98 Å². The lowest BCUT2D eigenvalue weighted by molar-refractivity contribution is 0.597. The predicted octanol–water partition coefficient (Wildman–Crippen LogP) is 4.94. The molecule has 0 aliphatic heterocycles. The van der Waals surface area contributed by atoms with Crippen LogP contribution in [0.2, 0.25) is 0 Å². The Kier molecular flexibility index (Phi) is 3.97. The number of benzene rings is 1. The van der Waals surface area contributed by atoms with Crippen molar-refractivity contribution in [3.63, 3.8) is 0 Å². The van der Waals surface area contributed by atoms with Crippen molar-refractivity contribution in [3.8, 4) is 0 Å². The van der Waals surface area contributed by atoms with E-state index < -0.39 is 11.6 Å². The van der Waals surface area contributed by atoms with Gasteiger partial charge in [0.15, 0.2) is 0 Å². The van der Waals surface area contributed by atoms with Gasteiger partial charge in [0, 0.05) is 12.3 Å². The van der Waals surface area contributed by atoms with Gasteiger partial charge in [-0.25, -0.2) is 13.8 Å². The van der Waals surface area contributed by atoms with Crippen LogP contribution in [0.3, 0.4) is 0 Å². The zero-order valence-electron chi connectivity index (χ0n) is 9.27. The summed E-state index contributed by atoms with van der Waals surface area (Å²) in [5, 5.41) is 2.74. The van der Waals surface area contributed by atoms with Gasteiger partial charge in [-0.3, -0.25) is 0 Å². The monoisotopic (exact) mass is 376 g/mol. The molecule has 0 unspecified atom stereocenters. The number of pyridine rings is 1. The van der Waals surface area contributed by atoms with Gasteiger partial charge in [-0.1, -0.05) is 0 Å². The van der Waals surface area contributed by atoms with Crippen LogP contribution in [0.4, 0.5) is 20.3 Å². The molecule has 0 saturated heterocycles. The number of halogens is 4. The Balaban J connectivity index is 2.37. The molecule has 2 rings (SSSR count). The molecule has 0 radical (unpaired) electrons. The molecular formula is C12H8Br2F2N2. The van der Waals surface area contributed by atoms with E-state index in [0.29, 0.717) is 10.3 Å². The quantitative estimate of drug-likeness (QED) is 0.750. The van der Waals surface area contributed by atoms with Crippen LogP contribution in [-0.2, 0) is 0 Å². The summed E-state index contributed by atoms with van der Waals surface area (Å²) in [5.74, 6) is -0.666. The van der Waals surface area contributed by atoms with Gasteiger partial charge in [0.2, 0.25) is 0 Å². The van der Waals surface area contributed by atoms with Crippen LogP contribution < -0.4 is 5.32 Å². The maximum Gasteiger partial charge on any atom is 0.148 e. The highest BCUT2D eigenvalue weighted by Gasteiger charge is 2.10. The molecule has 0 amide bonds. The van der Waals surface area contributed by atoms with Crippen LogP contribution in [-0.4, -0.2) is 4.98 Å². The third-order valence-corrected chi connectivity index (χ3v) is 3.45. The molecule has 0 saturated carbocycles. The maximum atomic E-state index is 13.6. The maximum absolute atomic E-state index is 13.6. The van der Waals surface area contributed by atoms with E-state index in [-0.39, 0.29) is 10.2 Å². The van der Waals surface area contributed by atoms with Gasteiger partial charge < -0.3 is 5.32 Å². The van der Waals surface area contributed by atoms with Crippen LogP contribution in [0.5, 0.6) is 0 Å². The van der Waals surface area contributed by atoms with Crippen molar-refractivity contribution in [2.24, 2.45) is 0 Å². The molecule has 18 heavy (non-hydrogen) atoms. The molecule has 1 aromatic carbocycles. The first-order valence-corrected chi connectivity index (χ1v) is 6.59. The molecule has 0 spiro atoms. The summed E-state index contributed by atoms with van der Waals surface area (Å²) in [6.07, 6.45) is 1.64. The Morgan fingerprint density at radius 3 is 2.44 bits per heavy atom. The van der Waals surface area contributed by atoms with Crippen molar-refractivity contribution in [2.45, 2.75) is 6.92 Å². The van der Waals surface area contributed by atoms with Crippen LogP contribution in [0, 0.1) is 18.6 Å².